The van der Waals surface area contributed by atoms with Gasteiger partial charge in [-0.15, -0.1) is 0 Å². The van der Waals surface area contributed by atoms with Gasteiger partial charge in [0.2, 0.25) is 0 Å². The second kappa shape index (κ2) is 4.70. The predicted octanol–water partition coefficient (Wildman–Crippen LogP) is 4.20. The van der Waals surface area contributed by atoms with Crippen LogP contribution in [0.3, 0.4) is 0 Å². The summed E-state index contributed by atoms with van der Waals surface area (Å²) in [5.41, 5.74) is 1.20. The van der Waals surface area contributed by atoms with Crippen molar-refractivity contribution in [2.45, 2.75) is 33.1 Å². The van der Waals surface area contributed by atoms with E-state index in [0.717, 1.165) is 6.42 Å². The van der Waals surface area contributed by atoms with E-state index in [1.165, 1.54) is 5.56 Å². The quantitative estimate of drug-likeness (QED) is 0.797. The first-order valence-electron chi connectivity index (χ1n) is 5.04. The molecule has 0 saturated carbocycles. The van der Waals surface area contributed by atoms with Crippen LogP contribution in [0.1, 0.15) is 38.7 Å². The first kappa shape index (κ1) is 11.4. The summed E-state index contributed by atoms with van der Waals surface area (Å²) in [6.07, 6.45) is 1.15. The summed E-state index contributed by atoms with van der Waals surface area (Å²) in [4.78, 5) is 0. The van der Waals surface area contributed by atoms with E-state index < -0.39 is 0 Å². The Morgan fingerprint density at radius 1 is 1.36 bits per heavy atom. The number of hydrogen-bond acceptors (Lipinski definition) is 1. The maximum atomic E-state index is 9.29. The Kier molecular flexibility index (Phi) is 3.82. The molecule has 14 heavy (non-hydrogen) atoms. The van der Waals surface area contributed by atoms with E-state index in [0.29, 0.717) is 16.9 Å². The summed E-state index contributed by atoms with van der Waals surface area (Å²) in [5, 5.41) is 9.73. The lowest BCUT2D eigenvalue weighted by atomic mass is 9.87. The molecule has 2 heteroatoms. The van der Waals surface area contributed by atoms with E-state index in [-0.39, 0.29) is 5.75 Å². The Morgan fingerprint density at radius 3 is 2.50 bits per heavy atom. The molecule has 1 N–H and O–H groups in total. The van der Waals surface area contributed by atoms with E-state index in [9.17, 15) is 5.11 Å². The Hall–Kier alpha value is -0.690. The monoisotopic (exact) mass is 212 g/mol. The zero-order valence-corrected chi connectivity index (χ0v) is 9.67. The molecule has 0 aliphatic heterocycles. The van der Waals surface area contributed by atoms with Crippen molar-refractivity contribution in [1.29, 1.82) is 0 Å². The number of phenolic OH excluding ortho intramolecular Hbond substituents is 1. The smallest absolute Gasteiger partial charge is 0.134 e. The molecule has 0 fully saturated rings. The Bertz CT molecular complexity index is 309. The van der Waals surface area contributed by atoms with Crippen molar-refractivity contribution < 1.29 is 5.11 Å². The van der Waals surface area contributed by atoms with Crippen LogP contribution in [0.15, 0.2) is 18.2 Å². The van der Waals surface area contributed by atoms with Crippen molar-refractivity contribution in [1.82, 2.24) is 0 Å². The molecule has 2 atom stereocenters. The fraction of sp³-hybridized carbons (Fsp3) is 0.500. The minimum atomic E-state index is 0.159. The largest absolute Gasteiger partial charge is 0.506 e. The number of phenols is 1. The van der Waals surface area contributed by atoms with E-state index in [1.54, 1.807) is 6.07 Å². The van der Waals surface area contributed by atoms with Gasteiger partial charge in [0.1, 0.15) is 5.75 Å². The molecule has 1 aromatic carbocycles. The summed E-state index contributed by atoms with van der Waals surface area (Å²) in [6, 6.07) is 5.46. The Balaban J connectivity index is 2.91. The summed E-state index contributed by atoms with van der Waals surface area (Å²) < 4.78 is 0. The number of rotatable bonds is 3. The molecule has 78 valence electrons. The lowest BCUT2D eigenvalue weighted by Gasteiger charge is -2.18. The molecule has 0 aliphatic carbocycles. The first-order chi connectivity index (χ1) is 6.56. The second-order valence-electron chi connectivity index (χ2n) is 3.89. The third kappa shape index (κ3) is 2.42. The fourth-order valence-corrected chi connectivity index (χ4v) is 1.68. The maximum absolute atomic E-state index is 9.29. The molecule has 0 aliphatic rings. The van der Waals surface area contributed by atoms with E-state index in [1.807, 2.05) is 12.1 Å². The van der Waals surface area contributed by atoms with Gasteiger partial charge >= 0.3 is 0 Å². The van der Waals surface area contributed by atoms with Crippen LogP contribution in [0.25, 0.3) is 0 Å². The topological polar surface area (TPSA) is 20.2 Å². The molecule has 0 bridgehead atoms. The molecule has 0 radical (unpaired) electrons. The highest BCUT2D eigenvalue weighted by atomic mass is 35.5. The van der Waals surface area contributed by atoms with Crippen LogP contribution in [0.2, 0.25) is 5.02 Å². The van der Waals surface area contributed by atoms with Gasteiger partial charge < -0.3 is 5.11 Å². The molecule has 1 rings (SSSR count). The zero-order chi connectivity index (χ0) is 10.7. The third-order valence-electron chi connectivity index (χ3n) is 3.00. The van der Waals surface area contributed by atoms with Crippen molar-refractivity contribution in [2.75, 3.05) is 0 Å². The normalized spacial score (nSPS) is 15.1. The van der Waals surface area contributed by atoms with Crippen LogP contribution in [-0.2, 0) is 0 Å². The summed E-state index contributed by atoms with van der Waals surface area (Å²) >= 11 is 5.86. The third-order valence-corrected chi connectivity index (χ3v) is 3.30. The van der Waals surface area contributed by atoms with Crippen molar-refractivity contribution in [2.24, 2.45) is 5.92 Å². The Labute approximate surface area is 90.7 Å². The van der Waals surface area contributed by atoms with Crippen LogP contribution in [0, 0.1) is 5.92 Å². The summed E-state index contributed by atoms with van der Waals surface area (Å²) in [6.45, 7) is 6.60. The number of benzene rings is 1. The zero-order valence-electron chi connectivity index (χ0n) is 8.92. The highest BCUT2D eigenvalue weighted by molar-refractivity contribution is 6.32. The molecule has 0 heterocycles. The van der Waals surface area contributed by atoms with Gasteiger partial charge in [0.25, 0.3) is 0 Å². The standard InChI is InChI=1S/C12H17ClO/c1-4-8(2)9(3)10-5-6-12(14)11(13)7-10/h5-9,14H,4H2,1-3H3. The summed E-state index contributed by atoms with van der Waals surface area (Å²) in [5.74, 6) is 1.28. The highest BCUT2D eigenvalue weighted by Crippen LogP contribution is 2.31. The van der Waals surface area contributed by atoms with E-state index in [2.05, 4.69) is 20.8 Å². The van der Waals surface area contributed by atoms with Crippen LogP contribution in [0.5, 0.6) is 5.75 Å². The van der Waals surface area contributed by atoms with Gasteiger partial charge in [0.05, 0.1) is 5.02 Å². The molecule has 2 unspecified atom stereocenters. The lowest BCUT2D eigenvalue weighted by molar-refractivity contribution is 0.465. The molecular weight excluding hydrogens is 196 g/mol. The van der Waals surface area contributed by atoms with Crippen LogP contribution in [-0.4, -0.2) is 5.11 Å². The van der Waals surface area contributed by atoms with Crippen LogP contribution in [0.4, 0.5) is 0 Å². The molecule has 0 aromatic heterocycles. The molecular formula is C12H17ClO. The molecule has 1 nitrogen and oxygen atoms in total. The predicted molar refractivity (Wildman–Crippen MR) is 61.0 cm³/mol. The fourth-order valence-electron chi connectivity index (χ4n) is 1.49. The van der Waals surface area contributed by atoms with Crippen molar-refractivity contribution in [3.63, 3.8) is 0 Å². The van der Waals surface area contributed by atoms with Gasteiger partial charge in [-0.05, 0) is 29.5 Å². The van der Waals surface area contributed by atoms with Crippen molar-refractivity contribution in [3.8, 4) is 5.75 Å². The average Bonchev–Trinajstić information content (AvgIpc) is 2.20. The van der Waals surface area contributed by atoms with Gasteiger partial charge in [-0.1, -0.05) is 44.9 Å². The number of aromatic hydroxyl groups is 1. The van der Waals surface area contributed by atoms with Crippen LogP contribution >= 0.6 is 11.6 Å². The van der Waals surface area contributed by atoms with Gasteiger partial charge in [0.15, 0.2) is 0 Å². The van der Waals surface area contributed by atoms with Crippen molar-refractivity contribution >= 4 is 11.6 Å². The maximum Gasteiger partial charge on any atom is 0.134 e. The average molecular weight is 213 g/mol. The molecule has 0 saturated heterocycles. The summed E-state index contributed by atoms with van der Waals surface area (Å²) in [7, 11) is 0. The molecule has 0 amide bonds. The van der Waals surface area contributed by atoms with Crippen molar-refractivity contribution in [3.05, 3.63) is 28.8 Å². The van der Waals surface area contributed by atoms with Gasteiger partial charge in [-0.25, -0.2) is 0 Å². The minimum absolute atomic E-state index is 0.159. The lowest BCUT2D eigenvalue weighted by Crippen LogP contribution is -2.04. The second-order valence-corrected chi connectivity index (χ2v) is 4.29. The number of hydrogen-bond donors (Lipinski definition) is 1. The van der Waals surface area contributed by atoms with Crippen LogP contribution < -0.4 is 0 Å². The highest BCUT2D eigenvalue weighted by Gasteiger charge is 2.13. The van der Waals surface area contributed by atoms with E-state index >= 15 is 0 Å². The van der Waals surface area contributed by atoms with Gasteiger partial charge in [-0.2, -0.15) is 0 Å². The molecule has 0 spiro atoms. The van der Waals surface area contributed by atoms with Gasteiger partial charge in [0, 0.05) is 0 Å². The number of halogens is 1. The SMILES string of the molecule is CCC(C)C(C)c1ccc(O)c(Cl)c1. The van der Waals surface area contributed by atoms with Gasteiger partial charge in [-0.3, -0.25) is 0 Å². The molecule has 1 aromatic rings. The van der Waals surface area contributed by atoms with E-state index in [4.69, 9.17) is 11.6 Å². The first-order valence-corrected chi connectivity index (χ1v) is 5.42. The minimum Gasteiger partial charge on any atom is -0.506 e. The Morgan fingerprint density at radius 2 is 2.00 bits per heavy atom.